The summed E-state index contributed by atoms with van der Waals surface area (Å²) in [6, 6.07) is 7.30. The molecule has 0 unspecified atom stereocenters. The first-order valence-electron chi connectivity index (χ1n) is 9.01. The fourth-order valence-corrected chi connectivity index (χ4v) is 4.26. The first kappa shape index (κ1) is 16.5. The van der Waals surface area contributed by atoms with Crippen molar-refractivity contribution in [2.45, 2.75) is 57.5 Å². The van der Waals surface area contributed by atoms with Gasteiger partial charge in [0, 0.05) is 40.3 Å². The van der Waals surface area contributed by atoms with Gasteiger partial charge in [-0.25, -0.2) is 4.79 Å². The molecule has 0 saturated heterocycles. The zero-order valence-corrected chi connectivity index (χ0v) is 15.1. The Morgan fingerprint density at radius 2 is 2.16 bits per heavy atom. The lowest BCUT2D eigenvalue weighted by Crippen LogP contribution is -2.44. The molecule has 1 fully saturated rings. The number of carbonyl (C=O) groups is 1. The van der Waals surface area contributed by atoms with Crippen LogP contribution in [0.5, 0.6) is 0 Å². The van der Waals surface area contributed by atoms with Crippen LogP contribution in [0.4, 0.5) is 10.5 Å². The van der Waals surface area contributed by atoms with Crippen molar-refractivity contribution in [3.63, 3.8) is 0 Å². The zero-order valence-electron chi connectivity index (χ0n) is 14.4. The normalized spacial score (nSPS) is 20.6. The summed E-state index contributed by atoms with van der Waals surface area (Å²) in [4.78, 5) is 14.7. The largest absolute Gasteiger partial charge is 0.322 e. The van der Waals surface area contributed by atoms with Gasteiger partial charge in [0.2, 0.25) is 0 Å². The van der Waals surface area contributed by atoms with E-state index in [1.807, 2.05) is 17.0 Å². The van der Waals surface area contributed by atoms with Gasteiger partial charge in [0.25, 0.3) is 0 Å². The van der Waals surface area contributed by atoms with Crippen LogP contribution >= 0.6 is 11.6 Å². The molecule has 0 radical (unpaired) electrons. The van der Waals surface area contributed by atoms with Crippen LogP contribution in [-0.2, 0) is 13.0 Å². The zero-order chi connectivity index (χ0) is 17.4. The van der Waals surface area contributed by atoms with Gasteiger partial charge in [-0.2, -0.15) is 5.10 Å². The molecule has 1 saturated carbocycles. The number of aromatic nitrogens is 2. The Hall–Kier alpha value is -2.01. The first-order valence-corrected chi connectivity index (χ1v) is 9.39. The van der Waals surface area contributed by atoms with Gasteiger partial charge in [-0.3, -0.25) is 5.10 Å². The number of anilines is 1. The molecule has 1 aromatic heterocycles. The minimum atomic E-state index is -0.0843. The highest BCUT2D eigenvalue weighted by Crippen LogP contribution is 2.37. The van der Waals surface area contributed by atoms with Crippen LogP contribution in [0.15, 0.2) is 24.3 Å². The Kier molecular flexibility index (Phi) is 4.42. The molecular formula is C19H23ClN4O. The van der Waals surface area contributed by atoms with Gasteiger partial charge in [0.05, 0.1) is 12.2 Å². The second-order valence-electron chi connectivity index (χ2n) is 7.17. The Labute approximate surface area is 152 Å². The van der Waals surface area contributed by atoms with Gasteiger partial charge < -0.3 is 10.2 Å². The monoisotopic (exact) mass is 358 g/mol. The molecule has 2 aliphatic rings. The summed E-state index contributed by atoms with van der Waals surface area (Å²) in [6.07, 6.45) is 5.80. The summed E-state index contributed by atoms with van der Waals surface area (Å²) in [5.41, 5.74) is 4.33. The summed E-state index contributed by atoms with van der Waals surface area (Å²) in [6.45, 7) is 2.70. The molecule has 132 valence electrons. The summed E-state index contributed by atoms with van der Waals surface area (Å²) < 4.78 is 0. The number of H-pyrrole nitrogens is 1. The van der Waals surface area contributed by atoms with Gasteiger partial charge in [-0.1, -0.05) is 30.5 Å². The van der Waals surface area contributed by atoms with E-state index >= 15 is 0 Å². The van der Waals surface area contributed by atoms with E-state index in [-0.39, 0.29) is 12.1 Å². The number of fused-ring (bicyclic) bond motifs is 1. The maximum atomic E-state index is 12.8. The van der Waals surface area contributed by atoms with Crippen molar-refractivity contribution in [3.05, 3.63) is 46.2 Å². The molecular weight excluding hydrogens is 336 g/mol. The maximum absolute atomic E-state index is 12.8. The van der Waals surface area contributed by atoms with Crippen molar-refractivity contribution in [1.82, 2.24) is 15.1 Å². The fourth-order valence-electron chi connectivity index (χ4n) is 4.06. The summed E-state index contributed by atoms with van der Waals surface area (Å²) >= 11 is 6.01. The molecule has 4 rings (SSSR count). The van der Waals surface area contributed by atoms with Gasteiger partial charge in [0.1, 0.15) is 0 Å². The molecule has 2 heterocycles. The van der Waals surface area contributed by atoms with Crippen molar-refractivity contribution < 1.29 is 4.79 Å². The van der Waals surface area contributed by atoms with Gasteiger partial charge in [-0.05, 0) is 38.0 Å². The van der Waals surface area contributed by atoms with E-state index in [0.717, 1.165) is 12.1 Å². The van der Waals surface area contributed by atoms with Crippen molar-refractivity contribution >= 4 is 23.3 Å². The van der Waals surface area contributed by atoms with Gasteiger partial charge in [-0.15, -0.1) is 0 Å². The quantitative estimate of drug-likeness (QED) is 0.817. The summed E-state index contributed by atoms with van der Waals surface area (Å²) in [7, 11) is 0. The lowest BCUT2D eigenvalue weighted by molar-refractivity contribution is 0.181. The van der Waals surface area contributed by atoms with Crippen molar-refractivity contribution in [1.29, 1.82) is 0 Å². The lowest BCUT2D eigenvalue weighted by Gasteiger charge is -2.33. The first-order chi connectivity index (χ1) is 12.1. The molecule has 0 bridgehead atoms. The molecule has 1 aromatic carbocycles. The average Bonchev–Trinajstić information content (AvgIpc) is 3.22. The Morgan fingerprint density at radius 3 is 2.92 bits per heavy atom. The van der Waals surface area contributed by atoms with E-state index < -0.39 is 0 Å². The number of rotatable bonds is 2. The maximum Gasteiger partial charge on any atom is 0.322 e. The molecule has 6 heteroatoms. The van der Waals surface area contributed by atoms with E-state index in [2.05, 4.69) is 22.4 Å². The van der Waals surface area contributed by atoms with E-state index in [4.69, 9.17) is 11.6 Å². The minimum Gasteiger partial charge on any atom is -0.317 e. The molecule has 25 heavy (non-hydrogen) atoms. The Morgan fingerprint density at radius 1 is 1.36 bits per heavy atom. The van der Waals surface area contributed by atoms with Crippen LogP contribution < -0.4 is 5.32 Å². The molecule has 0 spiro atoms. The lowest BCUT2D eigenvalue weighted by atomic mass is 9.94. The second-order valence-corrected chi connectivity index (χ2v) is 7.61. The highest BCUT2D eigenvalue weighted by atomic mass is 35.5. The number of nitrogens with one attached hydrogen (secondary N) is 2. The fraction of sp³-hybridized carbons (Fsp3) is 0.474. The predicted molar refractivity (Wildman–Crippen MR) is 99.0 cm³/mol. The van der Waals surface area contributed by atoms with Gasteiger partial charge in [0.15, 0.2) is 0 Å². The Bertz CT molecular complexity index is 781. The van der Waals surface area contributed by atoms with Crippen LogP contribution in [0.3, 0.4) is 0 Å². The summed E-state index contributed by atoms with van der Waals surface area (Å²) in [5.74, 6) is 0.547. The number of hydrogen-bond donors (Lipinski definition) is 2. The van der Waals surface area contributed by atoms with E-state index in [9.17, 15) is 4.79 Å². The van der Waals surface area contributed by atoms with Crippen LogP contribution in [0.1, 0.15) is 55.5 Å². The standard InChI is InChI=1S/C19H23ClN4O/c1-12-9-17-16(18(23-22-17)13-5-2-3-6-13)11-24(12)19(25)21-15-8-4-7-14(20)10-15/h4,7-8,10,12-13H,2-3,5-6,9,11H2,1H3,(H,21,25)(H,22,23)/t12-/m0/s1. The number of amides is 2. The minimum absolute atomic E-state index is 0.0843. The van der Waals surface area contributed by atoms with Crippen LogP contribution in [-0.4, -0.2) is 27.2 Å². The van der Waals surface area contributed by atoms with Crippen molar-refractivity contribution in [3.8, 4) is 0 Å². The predicted octanol–water partition coefficient (Wildman–Crippen LogP) is 4.70. The third-order valence-corrected chi connectivity index (χ3v) is 5.66. The molecule has 2 aromatic rings. The Balaban J connectivity index is 1.53. The highest BCUT2D eigenvalue weighted by molar-refractivity contribution is 6.30. The van der Waals surface area contributed by atoms with Crippen LogP contribution in [0.2, 0.25) is 5.02 Å². The smallest absolute Gasteiger partial charge is 0.317 e. The second kappa shape index (κ2) is 6.71. The van der Waals surface area contributed by atoms with Crippen LogP contribution in [0, 0.1) is 0 Å². The van der Waals surface area contributed by atoms with Crippen LogP contribution in [0.25, 0.3) is 0 Å². The van der Waals surface area contributed by atoms with E-state index in [1.54, 1.807) is 12.1 Å². The van der Waals surface area contributed by atoms with Crippen molar-refractivity contribution in [2.24, 2.45) is 0 Å². The third kappa shape index (κ3) is 3.25. The van der Waals surface area contributed by atoms with Crippen molar-refractivity contribution in [2.75, 3.05) is 5.32 Å². The molecule has 1 atom stereocenters. The topological polar surface area (TPSA) is 61.0 Å². The molecule has 1 aliphatic heterocycles. The highest BCUT2D eigenvalue weighted by Gasteiger charge is 2.33. The molecule has 1 aliphatic carbocycles. The number of aromatic amines is 1. The SMILES string of the molecule is C[C@H]1Cc2[nH]nc(C3CCCC3)c2CN1C(=O)Nc1cccc(Cl)c1. The summed E-state index contributed by atoms with van der Waals surface area (Å²) in [5, 5.41) is 11.4. The molecule has 2 N–H and O–H groups in total. The third-order valence-electron chi connectivity index (χ3n) is 5.42. The van der Waals surface area contributed by atoms with E-state index in [1.165, 1.54) is 42.6 Å². The van der Waals surface area contributed by atoms with E-state index in [0.29, 0.717) is 17.5 Å². The molecule has 2 amide bonds. The number of halogens is 1. The van der Waals surface area contributed by atoms with Gasteiger partial charge >= 0.3 is 6.03 Å². The number of hydrogen-bond acceptors (Lipinski definition) is 2. The average molecular weight is 359 g/mol. The number of nitrogens with zero attached hydrogens (tertiary/aromatic N) is 2. The number of carbonyl (C=O) groups excluding carboxylic acids is 1. The number of benzene rings is 1. The number of urea groups is 1. The molecule has 5 nitrogen and oxygen atoms in total.